The number of halogens is 1. The quantitative estimate of drug-likeness (QED) is 0.529. The van der Waals surface area contributed by atoms with Crippen LogP contribution < -0.4 is 21.5 Å². The predicted molar refractivity (Wildman–Crippen MR) is 59.8 cm³/mol. The summed E-state index contributed by atoms with van der Waals surface area (Å²) in [4.78, 5) is 3.24. The van der Waals surface area contributed by atoms with Gasteiger partial charge in [0.25, 0.3) is 5.82 Å². The van der Waals surface area contributed by atoms with Crippen LogP contribution >= 0.6 is 0 Å². The van der Waals surface area contributed by atoms with E-state index in [4.69, 9.17) is 0 Å². The van der Waals surface area contributed by atoms with E-state index in [1.165, 1.54) is 37.9 Å². The maximum absolute atomic E-state index is 3.76. The largest absolute Gasteiger partial charge is 1.00 e. The molecule has 0 saturated carbocycles. The van der Waals surface area contributed by atoms with Gasteiger partial charge in [-0.2, -0.15) is 0 Å². The molecule has 1 N–H and O–H groups in total. The SMILES string of the molecule is C=C[n+]1cc[nH]c1CCCCCCC.[Br-]. The number of hydrogen-bond donors (Lipinski definition) is 1. The van der Waals surface area contributed by atoms with E-state index in [0.717, 1.165) is 6.42 Å². The monoisotopic (exact) mass is 272 g/mol. The van der Waals surface area contributed by atoms with Gasteiger partial charge < -0.3 is 17.0 Å². The van der Waals surface area contributed by atoms with E-state index in [2.05, 4.69) is 23.1 Å². The van der Waals surface area contributed by atoms with Crippen LogP contribution in [0.1, 0.15) is 44.9 Å². The highest BCUT2D eigenvalue weighted by Crippen LogP contribution is 2.05. The highest BCUT2D eigenvalue weighted by molar-refractivity contribution is 4.98. The standard InChI is InChI=1S/C12H20N2.BrH/c1-3-5-6-7-8-9-12-13-10-11-14(12)4-2;/h4,10-11H,2-3,5-9H2,1H3;1H. The molecule has 0 aliphatic heterocycles. The maximum atomic E-state index is 3.76. The van der Waals surface area contributed by atoms with Gasteiger partial charge in [-0.1, -0.05) is 39.2 Å². The lowest BCUT2D eigenvalue weighted by atomic mass is 10.1. The van der Waals surface area contributed by atoms with Gasteiger partial charge in [-0.15, -0.1) is 0 Å². The van der Waals surface area contributed by atoms with E-state index in [9.17, 15) is 0 Å². The van der Waals surface area contributed by atoms with Crippen molar-refractivity contribution >= 4 is 6.20 Å². The smallest absolute Gasteiger partial charge is 0.258 e. The van der Waals surface area contributed by atoms with Crippen LogP contribution in [-0.4, -0.2) is 4.98 Å². The zero-order valence-electron chi connectivity index (χ0n) is 9.51. The fourth-order valence-corrected chi connectivity index (χ4v) is 1.65. The zero-order chi connectivity index (χ0) is 10.2. The van der Waals surface area contributed by atoms with Crippen LogP contribution in [-0.2, 0) is 6.42 Å². The van der Waals surface area contributed by atoms with Gasteiger partial charge in [-0.3, -0.25) is 0 Å². The van der Waals surface area contributed by atoms with Gasteiger partial charge in [0.1, 0.15) is 12.4 Å². The second-order valence-corrected chi connectivity index (χ2v) is 3.66. The number of H-pyrrole nitrogens is 1. The summed E-state index contributed by atoms with van der Waals surface area (Å²) in [7, 11) is 0. The second-order valence-electron chi connectivity index (χ2n) is 3.66. The Hall–Kier alpha value is -0.570. The van der Waals surface area contributed by atoms with E-state index in [-0.39, 0.29) is 17.0 Å². The summed E-state index contributed by atoms with van der Waals surface area (Å²) in [6.45, 7) is 6.01. The van der Waals surface area contributed by atoms with Crippen LogP contribution in [0.3, 0.4) is 0 Å². The van der Waals surface area contributed by atoms with Gasteiger partial charge in [0.05, 0.1) is 6.20 Å². The molecule has 0 unspecified atom stereocenters. The minimum Gasteiger partial charge on any atom is -1.00 e. The average molecular weight is 273 g/mol. The Morgan fingerprint density at radius 2 is 2.07 bits per heavy atom. The first-order chi connectivity index (χ1) is 6.88. The van der Waals surface area contributed by atoms with Crippen LogP contribution in [0.15, 0.2) is 19.0 Å². The average Bonchev–Trinajstić information content (AvgIpc) is 2.65. The summed E-state index contributed by atoms with van der Waals surface area (Å²) in [5.41, 5.74) is 0. The molecule has 0 fully saturated rings. The summed E-state index contributed by atoms with van der Waals surface area (Å²) in [6, 6.07) is 0. The van der Waals surface area contributed by atoms with E-state index >= 15 is 0 Å². The van der Waals surface area contributed by atoms with Crippen molar-refractivity contribution in [1.82, 2.24) is 4.98 Å². The molecule has 1 aromatic heterocycles. The molecular formula is C12H21BrN2. The molecule has 15 heavy (non-hydrogen) atoms. The predicted octanol–water partition coefficient (Wildman–Crippen LogP) is -0.0804. The Morgan fingerprint density at radius 3 is 2.73 bits per heavy atom. The Labute approximate surface area is 103 Å². The Balaban J connectivity index is 0.00000196. The fourth-order valence-electron chi connectivity index (χ4n) is 1.65. The van der Waals surface area contributed by atoms with E-state index in [0.29, 0.717) is 0 Å². The van der Waals surface area contributed by atoms with Gasteiger partial charge in [0, 0.05) is 6.42 Å². The lowest BCUT2D eigenvalue weighted by molar-refractivity contribution is -0.575. The van der Waals surface area contributed by atoms with Crippen LogP contribution in [0.2, 0.25) is 0 Å². The van der Waals surface area contributed by atoms with Crippen LogP contribution in [0, 0.1) is 0 Å². The summed E-state index contributed by atoms with van der Waals surface area (Å²) >= 11 is 0. The van der Waals surface area contributed by atoms with Crippen molar-refractivity contribution in [3.63, 3.8) is 0 Å². The Bertz CT molecular complexity index is 268. The fraction of sp³-hybridized carbons (Fsp3) is 0.583. The second kappa shape index (κ2) is 8.72. The molecule has 3 heteroatoms. The molecule has 0 radical (unpaired) electrons. The lowest BCUT2D eigenvalue weighted by Gasteiger charge is -1.97. The van der Waals surface area contributed by atoms with Gasteiger partial charge in [-0.25, -0.2) is 9.55 Å². The van der Waals surface area contributed by atoms with Crippen molar-refractivity contribution < 1.29 is 21.5 Å². The van der Waals surface area contributed by atoms with Crippen molar-refractivity contribution in [1.29, 1.82) is 0 Å². The van der Waals surface area contributed by atoms with Gasteiger partial charge in [0.15, 0.2) is 0 Å². The molecule has 0 aromatic carbocycles. The van der Waals surface area contributed by atoms with Gasteiger partial charge >= 0.3 is 0 Å². The summed E-state index contributed by atoms with van der Waals surface area (Å²) in [6.07, 6.45) is 13.6. The number of nitrogens with zero attached hydrogens (tertiary/aromatic N) is 1. The van der Waals surface area contributed by atoms with Crippen LogP contribution in [0.5, 0.6) is 0 Å². The number of aryl methyl sites for hydroxylation is 1. The minimum absolute atomic E-state index is 0. The zero-order valence-corrected chi connectivity index (χ0v) is 11.1. The molecule has 2 nitrogen and oxygen atoms in total. The number of hydrogen-bond acceptors (Lipinski definition) is 0. The first kappa shape index (κ1) is 14.4. The van der Waals surface area contributed by atoms with Gasteiger partial charge in [0.2, 0.25) is 0 Å². The van der Waals surface area contributed by atoms with Crippen molar-refractivity contribution in [2.45, 2.75) is 45.4 Å². The van der Waals surface area contributed by atoms with Crippen LogP contribution in [0.4, 0.5) is 0 Å². The maximum Gasteiger partial charge on any atom is 0.258 e. The molecule has 0 amide bonds. The van der Waals surface area contributed by atoms with Crippen molar-refractivity contribution in [2.24, 2.45) is 0 Å². The number of nitrogens with one attached hydrogen (secondary N) is 1. The number of rotatable bonds is 7. The van der Waals surface area contributed by atoms with Crippen molar-refractivity contribution in [2.75, 3.05) is 0 Å². The molecule has 86 valence electrons. The van der Waals surface area contributed by atoms with E-state index < -0.39 is 0 Å². The van der Waals surface area contributed by atoms with Crippen molar-refractivity contribution in [3.8, 4) is 0 Å². The first-order valence-electron chi connectivity index (χ1n) is 5.58. The van der Waals surface area contributed by atoms with Crippen molar-refractivity contribution in [3.05, 3.63) is 24.8 Å². The molecule has 0 saturated heterocycles. The van der Waals surface area contributed by atoms with Gasteiger partial charge in [-0.05, 0) is 6.42 Å². The lowest BCUT2D eigenvalue weighted by Crippen LogP contribution is -3.00. The molecule has 0 aliphatic carbocycles. The molecule has 0 atom stereocenters. The summed E-state index contributed by atoms with van der Waals surface area (Å²) in [5, 5.41) is 0. The number of unbranched alkanes of at least 4 members (excludes halogenated alkanes) is 4. The molecule has 1 aromatic rings. The highest BCUT2D eigenvalue weighted by Gasteiger charge is 2.06. The molecule has 1 rings (SSSR count). The number of imidazole rings is 1. The minimum atomic E-state index is 0. The molecule has 0 aliphatic rings. The Morgan fingerprint density at radius 1 is 1.33 bits per heavy atom. The third-order valence-electron chi connectivity index (χ3n) is 2.51. The summed E-state index contributed by atoms with van der Waals surface area (Å²) in [5.74, 6) is 1.26. The molecule has 0 bridgehead atoms. The number of aromatic amines is 1. The third-order valence-corrected chi connectivity index (χ3v) is 2.51. The number of aromatic nitrogens is 2. The topological polar surface area (TPSA) is 19.7 Å². The van der Waals surface area contributed by atoms with Crippen LogP contribution in [0.25, 0.3) is 6.20 Å². The Kier molecular flexibility index (Phi) is 8.38. The summed E-state index contributed by atoms with van der Waals surface area (Å²) < 4.78 is 2.06. The van der Waals surface area contributed by atoms with E-state index in [1.54, 1.807) is 0 Å². The van der Waals surface area contributed by atoms with E-state index in [1.807, 2.05) is 18.6 Å². The first-order valence-corrected chi connectivity index (χ1v) is 5.58. The molecular weight excluding hydrogens is 252 g/mol. The highest BCUT2D eigenvalue weighted by atomic mass is 79.9. The third kappa shape index (κ3) is 5.17. The molecule has 0 spiro atoms. The molecule has 1 heterocycles. The normalized spacial score (nSPS) is 9.67.